The molecule has 1 aliphatic carbocycles. The van der Waals surface area contributed by atoms with Crippen molar-refractivity contribution in [1.29, 1.82) is 0 Å². The Balaban J connectivity index is 2.01. The Labute approximate surface area is 113 Å². The van der Waals surface area contributed by atoms with Crippen LogP contribution in [-0.4, -0.2) is 10.9 Å². The number of nitrogens with zero attached hydrogens (tertiary/aromatic N) is 1. The molecule has 0 heterocycles. The fourth-order valence-corrected chi connectivity index (χ4v) is 2.76. The van der Waals surface area contributed by atoms with E-state index in [1.54, 1.807) is 0 Å². The second kappa shape index (κ2) is 5.27. The largest absolute Gasteiger partial charge is 0.410 e. The van der Waals surface area contributed by atoms with Gasteiger partial charge in [0.05, 0.1) is 0 Å². The highest BCUT2D eigenvalue weighted by Crippen LogP contribution is 2.23. The highest BCUT2D eigenvalue weighted by atomic mass is 16.4. The fourth-order valence-electron chi connectivity index (χ4n) is 2.76. The molecule has 1 N–H and O–H groups in total. The van der Waals surface area contributed by atoms with Crippen LogP contribution in [0.5, 0.6) is 0 Å². The zero-order valence-electron chi connectivity index (χ0n) is 10.8. The Morgan fingerprint density at radius 3 is 2.32 bits per heavy atom. The molecule has 0 fully saturated rings. The Morgan fingerprint density at radius 1 is 0.842 bits per heavy atom. The summed E-state index contributed by atoms with van der Waals surface area (Å²) in [4.78, 5) is 0. The number of rotatable bonds is 2. The van der Waals surface area contributed by atoms with Gasteiger partial charge in [-0.15, -0.1) is 0 Å². The highest BCUT2D eigenvalue weighted by Gasteiger charge is 2.13. The Hall–Kier alpha value is -2.09. The third-order valence-corrected chi connectivity index (χ3v) is 3.77. The molecule has 0 saturated heterocycles. The minimum absolute atomic E-state index is 0.647. The minimum Gasteiger partial charge on any atom is -0.410 e. The molecule has 2 heteroatoms. The predicted molar refractivity (Wildman–Crippen MR) is 77.0 cm³/mol. The molecule has 0 radical (unpaired) electrons. The van der Waals surface area contributed by atoms with Gasteiger partial charge in [-0.1, -0.05) is 47.6 Å². The van der Waals surface area contributed by atoms with E-state index in [4.69, 9.17) is 0 Å². The Morgan fingerprint density at radius 2 is 1.58 bits per heavy atom. The van der Waals surface area contributed by atoms with Crippen LogP contribution in [0.4, 0.5) is 0 Å². The molecule has 0 aliphatic heterocycles. The van der Waals surface area contributed by atoms with E-state index in [1.807, 2.05) is 30.3 Å². The Kier molecular flexibility index (Phi) is 3.32. The molecule has 1 aliphatic rings. The summed E-state index contributed by atoms with van der Waals surface area (Å²) in [6.07, 6.45) is 4.85. The van der Waals surface area contributed by atoms with Crippen molar-refractivity contribution in [2.24, 2.45) is 5.16 Å². The second-order valence-electron chi connectivity index (χ2n) is 5.01. The van der Waals surface area contributed by atoms with E-state index in [0.29, 0.717) is 5.71 Å². The summed E-state index contributed by atoms with van der Waals surface area (Å²) in [6.45, 7) is 0. The van der Waals surface area contributed by atoms with Crippen LogP contribution in [0.3, 0.4) is 0 Å². The van der Waals surface area contributed by atoms with Crippen LogP contribution in [-0.2, 0) is 12.8 Å². The molecular formula is C17H17NO. The van der Waals surface area contributed by atoms with Gasteiger partial charge < -0.3 is 5.21 Å². The summed E-state index contributed by atoms with van der Waals surface area (Å²) >= 11 is 0. The molecule has 0 spiro atoms. The summed E-state index contributed by atoms with van der Waals surface area (Å²) in [6, 6.07) is 16.2. The minimum atomic E-state index is 0.647. The molecule has 2 nitrogen and oxygen atoms in total. The van der Waals surface area contributed by atoms with Gasteiger partial charge in [0.2, 0.25) is 0 Å². The highest BCUT2D eigenvalue weighted by molar-refractivity contribution is 6.12. The van der Waals surface area contributed by atoms with Gasteiger partial charge in [-0.3, -0.25) is 0 Å². The molecule has 0 unspecified atom stereocenters. The number of hydrogen-bond donors (Lipinski definition) is 1. The standard InChI is InChI=1S/C17H17NO/c19-18-17(14-7-2-1-3-8-14)16-11-10-13-6-4-5-9-15(13)12-16/h1-3,7-8,10-12,19H,4-6,9H2/b18-17+. The molecule has 96 valence electrons. The van der Waals surface area contributed by atoms with Gasteiger partial charge in [0.25, 0.3) is 0 Å². The van der Waals surface area contributed by atoms with Crippen LogP contribution < -0.4 is 0 Å². The van der Waals surface area contributed by atoms with Gasteiger partial charge in [0, 0.05) is 11.1 Å². The molecule has 0 saturated carbocycles. The number of fused-ring (bicyclic) bond motifs is 1. The summed E-state index contributed by atoms with van der Waals surface area (Å²) < 4.78 is 0. The lowest BCUT2D eigenvalue weighted by Gasteiger charge is -2.17. The maximum Gasteiger partial charge on any atom is 0.117 e. The SMILES string of the molecule is O/N=C(\c1ccccc1)c1ccc2c(c1)CCCC2. The molecule has 3 rings (SSSR count). The van der Waals surface area contributed by atoms with E-state index in [9.17, 15) is 5.21 Å². The van der Waals surface area contributed by atoms with Gasteiger partial charge in [0.15, 0.2) is 0 Å². The third-order valence-electron chi connectivity index (χ3n) is 3.77. The van der Waals surface area contributed by atoms with Crippen LogP contribution >= 0.6 is 0 Å². The maximum atomic E-state index is 9.32. The van der Waals surface area contributed by atoms with E-state index in [1.165, 1.54) is 30.4 Å². The lowest BCUT2D eigenvalue weighted by molar-refractivity contribution is 0.319. The summed E-state index contributed by atoms with van der Waals surface area (Å²) in [5.41, 5.74) is 5.44. The average molecular weight is 251 g/mol. The number of benzene rings is 2. The zero-order chi connectivity index (χ0) is 13.1. The van der Waals surface area contributed by atoms with Crippen molar-refractivity contribution in [3.05, 3.63) is 70.8 Å². The molecule has 0 atom stereocenters. The first-order chi connectivity index (χ1) is 9.38. The molecule has 0 amide bonds. The number of aryl methyl sites for hydroxylation is 2. The fraction of sp³-hybridized carbons (Fsp3) is 0.235. The molecule has 0 bridgehead atoms. The van der Waals surface area contributed by atoms with Crippen molar-refractivity contribution in [3.63, 3.8) is 0 Å². The van der Waals surface area contributed by atoms with Crippen LogP contribution in [0.1, 0.15) is 35.1 Å². The van der Waals surface area contributed by atoms with E-state index in [2.05, 4.69) is 23.4 Å². The van der Waals surface area contributed by atoms with Crippen LogP contribution in [0.15, 0.2) is 53.7 Å². The average Bonchev–Trinajstić information content (AvgIpc) is 2.49. The molecule has 2 aromatic carbocycles. The van der Waals surface area contributed by atoms with Crippen molar-refractivity contribution in [1.82, 2.24) is 0 Å². The summed E-state index contributed by atoms with van der Waals surface area (Å²) in [5.74, 6) is 0. The lowest BCUT2D eigenvalue weighted by atomic mass is 9.89. The number of oxime groups is 1. The van der Waals surface area contributed by atoms with E-state index in [0.717, 1.165) is 17.5 Å². The summed E-state index contributed by atoms with van der Waals surface area (Å²) in [5, 5.41) is 12.8. The zero-order valence-corrected chi connectivity index (χ0v) is 10.8. The van der Waals surface area contributed by atoms with E-state index >= 15 is 0 Å². The van der Waals surface area contributed by atoms with Gasteiger partial charge >= 0.3 is 0 Å². The van der Waals surface area contributed by atoms with Crippen LogP contribution in [0.2, 0.25) is 0 Å². The third kappa shape index (κ3) is 2.39. The van der Waals surface area contributed by atoms with Crippen LogP contribution in [0.25, 0.3) is 0 Å². The molecule has 2 aromatic rings. The van der Waals surface area contributed by atoms with Crippen molar-refractivity contribution in [2.75, 3.05) is 0 Å². The molecule has 19 heavy (non-hydrogen) atoms. The lowest BCUT2D eigenvalue weighted by Crippen LogP contribution is -2.08. The van der Waals surface area contributed by atoms with Gasteiger partial charge in [-0.05, 0) is 42.9 Å². The first-order valence-electron chi connectivity index (χ1n) is 6.78. The van der Waals surface area contributed by atoms with E-state index < -0.39 is 0 Å². The van der Waals surface area contributed by atoms with Crippen molar-refractivity contribution < 1.29 is 5.21 Å². The van der Waals surface area contributed by atoms with Crippen LogP contribution in [0, 0.1) is 0 Å². The monoisotopic (exact) mass is 251 g/mol. The second-order valence-corrected chi connectivity index (χ2v) is 5.01. The van der Waals surface area contributed by atoms with Crippen molar-refractivity contribution in [3.8, 4) is 0 Å². The Bertz CT molecular complexity index is 602. The molecular weight excluding hydrogens is 234 g/mol. The maximum absolute atomic E-state index is 9.32. The molecule has 0 aromatic heterocycles. The first kappa shape index (κ1) is 12.0. The van der Waals surface area contributed by atoms with Gasteiger partial charge in [0.1, 0.15) is 5.71 Å². The van der Waals surface area contributed by atoms with Gasteiger partial charge in [-0.2, -0.15) is 0 Å². The first-order valence-corrected chi connectivity index (χ1v) is 6.78. The topological polar surface area (TPSA) is 32.6 Å². The summed E-state index contributed by atoms with van der Waals surface area (Å²) in [7, 11) is 0. The normalized spacial score (nSPS) is 15.1. The van der Waals surface area contributed by atoms with E-state index in [-0.39, 0.29) is 0 Å². The van der Waals surface area contributed by atoms with Gasteiger partial charge in [-0.25, -0.2) is 0 Å². The van der Waals surface area contributed by atoms with Crippen molar-refractivity contribution >= 4 is 5.71 Å². The predicted octanol–water partition coefficient (Wildman–Crippen LogP) is 3.79. The smallest absolute Gasteiger partial charge is 0.117 e. The van der Waals surface area contributed by atoms with Crippen molar-refractivity contribution in [2.45, 2.75) is 25.7 Å². The quantitative estimate of drug-likeness (QED) is 0.491. The number of hydrogen-bond acceptors (Lipinski definition) is 2.